The number of aliphatic hydroxyl groups is 1. The summed E-state index contributed by atoms with van der Waals surface area (Å²) in [7, 11) is 2.06. The van der Waals surface area contributed by atoms with Crippen LogP contribution in [0.25, 0.3) is 0 Å². The summed E-state index contributed by atoms with van der Waals surface area (Å²) in [5, 5.41) is 13.2. The second-order valence-corrected chi connectivity index (χ2v) is 8.61. The molecule has 1 aromatic rings. The van der Waals surface area contributed by atoms with Gasteiger partial charge in [0, 0.05) is 23.7 Å². The van der Waals surface area contributed by atoms with E-state index in [0.717, 1.165) is 37.7 Å². The number of aliphatic hydroxyl groups excluding tert-OH is 1. The van der Waals surface area contributed by atoms with Crippen LogP contribution in [0, 0.1) is 0 Å². The number of aryl methyl sites for hydroxylation is 1. The van der Waals surface area contributed by atoms with Crippen molar-refractivity contribution in [3.63, 3.8) is 0 Å². The second-order valence-electron chi connectivity index (χ2n) is 8.61. The molecule has 1 aromatic carbocycles. The Morgan fingerprint density at radius 2 is 2.19 bits per heavy atom. The second kappa shape index (κ2) is 7.17. The van der Waals surface area contributed by atoms with E-state index in [0.29, 0.717) is 25.3 Å². The van der Waals surface area contributed by atoms with Gasteiger partial charge in [0.1, 0.15) is 0 Å². The molecule has 6 heteroatoms. The van der Waals surface area contributed by atoms with Crippen LogP contribution in [0.5, 0.6) is 0 Å². The van der Waals surface area contributed by atoms with Gasteiger partial charge in [0.2, 0.25) is 0 Å². The summed E-state index contributed by atoms with van der Waals surface area (Å²) in [5.74, 6) is -0.105. The highest BCUT2D eigenvalue weighted by Gasteiger charge is 2.53. The Bertz CT molecular complexity index is 719. The van der Waals surface area contributed by atoms with E-state index in [2.05, 4.69) is 17.3 Å². The Labute approximate surface area is 161 Å². The van der Waals surface area contributed by atoms with E-state index in [9.17, 15) is 9.90 Å². The molecule has 0 bridgehead atoms. The zero-order valence-electron chi connectivity index (χ0n) is 16.2. The van der Waals surface area contributed by atoms with E-state index >= 15 is 0 Å². The standard InChI is InChI=1S/C21H31N3O3/c1-24-20(8-3-9-20)13-27-14-21(24,12-25)11-23-19(26)16-6-7-17-15(10-16)4-2-5-18(17)22/h6-7,10,18,25H,2-5,8-9,11-14,22H2,1H3,(H,23,26). The van der Waals surface area contributed by atoms with E-state index in [-0.39, 0.29) is 24.1 Å². The van der Waals surface area contributed by atoms with Crippen LogP contribution < -0.4 is 11.1 Å². The van der Waals surface area contributed by atoms with Gasteiger partial charge < -0.3 is 20.9 Å². The zero-order valence-corrected chi connectivity index (χ0v) is 16.2. The van der Waals surface area contributed by atoms with Crippen molar-refractivity contribution in [3.8, 4) is 0 Å². The molecule has 3 aliphatic rings. The van der Waals surface area contributed by atoms with Crippen molar-refractivity contribution in [2.75, 3.05) is 33.4 Å². The molecule has 1 saturated heterocycles. The molecule has 2 aliphatic carbocycles. The molecule has 4 rings (SSSR count). The predicted molar refractivity (Wildman–Crippen MR) is 104 cm³/mol. The summed E-state index contributed by atoms with van der Waals surface area (Å²) in [4.78, 5) is 15.0. The molecule has 2 unspecified atom stereocenters. The number of morpholine rings is 1. The van der Waals surface area contributed by atoms with Crippen molar-refractivity contribution in [1.82, 2.24) is 10.2 Å². The van der Waals surface area contributed by atoms with Gasteiger partial charge in [-0.05, 0) is 68.8 Å². The van der Waals surface area contributed by atoms with E-state index in [1.807, 2.05) is 18.2 Å². The fourth-order valence-corrected chi connectivity index (χ4v) is 4.91. The van der Waals surface area contributed by atoms with Gasteiger partial charge in [0.05, 0.1) is 25.4 Å². The molecule has 2 atom stereocenters. The molecule has 6 nitrogen and oxygen atoms in total. The number of ether oxygens (including phenoxy) is 1. The van der Waals surface area contributed by atoms with Crippen LogP contribution in [0.3, 0.4) is 0 Å². The van der Waals surface area contributed by atoms with Gasteiger partial charge in [-0.1, -0.05) is 6.07 Å². The number of hydrogen-bond donors (Lipinski definition) is 3. The molecule has 148 valence electrons. The Morgan fingerprint density at radius 1 is 1.37 bits per heavy atom. The van der Waals surface area contributed by atoms with E-state index in [4.69, 9.17) is 10.5 Å². The van der Waals surface area contributed by atoms with Gasteiger partial charge in [-0.3, -0.25) is 9.69 Å². The Morgan fingerprint density at radius 3 is 2.89 bits per heavy atom. The average molecular weight is 373 g/mol. The van der Waals surface area contributed by atoms with Crippen molar-refractivity contribution in [2.24, 2.45) is 5.73 Å². The fraction of sp³-hybridized carbons (Fsp3) is 0.667. The zero-order chi connectivity index (χ0) is 19.1. The van der Waals surface area contributed by atoms with Crippen LogP contribution in [0.2, 0.25) is 0 Å². The van der Waals surface area contributed by atoms with Crippen molar-refractivity contribution in [1.29, 1.82) is 0 Å². The van der Waals surface area contributed by atoms with Crippen LogP contribution >= 0.6 is 0 Å². The number of fused-ring (bicyclic) bond motifs is 1. The van der Waals surface area contributed by atoms with E-state index in [1.54, 1.807) is 0 Å². The first kappa shape index (κ1) is 18.9. The van der Waals surface area contributed by atoms with Crippen LogP contribution in [0.15, 0.2) is 18.2 Å². The molecule has 0 radical (unpaired) electrons. The van der Waals surface area contributed by atoms with E-state index in [1.165, 1.54) is 12.0 Å². The summed E-state index contributed by atoms with van der Waals surface area (Å²) in [6.45, 7) is 1.48. The lowest BCUT2D eigenvalue weighted by Crippen LogP contribution is -2.73. The number of carbonyl (C=O) groups excluding carboxylic acids is 1. The molecule has 0 aromatic heterocycles. The van der Waals surface area contributed by atoms with Crippen LogP contribution in [-0.2, 0) is 11.2 Å². The third-order valence-electron chi connectivity index (χ3n) is 7.09. The number of rotatable bonds is 4. The number of likely N-dealkylation sites (N-methyl/N-ethyl adjacent to an activating group) is 1. The number of benzene rings is 1. The number of nitrogens with two attached hydrogens (primary N) is 1. The van der Waals surface area contributed by atoms with Gasteiger partial charge >= 0.3 is 0 Å². The van der Waals surface area contributed by atoms with Gasteiger partial charge in [-0.15, -0.1) is 0 Å². The quantitative estimate of drug-likeness (QED) is 0.742. The third-order valence-corrected chi connectivity index (χ3v) is 7.09. The molecule has 2 fully saturated rings. The van der Waals surface area contributed by atoms with Gasteiger partial charge in [0.15, 0.2) is 0 Å². The number of hydrogen-bond acceptors (Lipinski definition) is 5. The highest BCUT2D eigenvalue weighted by Crippen LogP contribution is 2.43. The molecule has 1 amide bonds. The van der Waals surface area contributed by atoms with Gasteiger partial charge in [0.25, 0.3) is 5.91 Å². The largest absolute Gasteiger partial charge is 0.394 e. The van der Waals surface area contributed by atoms with Crippen molar-refractivity contribution >= 4 is 5.91 Å². The number of nitrogens with one attached hydrogen (secondary N) is 1. The first-order valence-electron chi connectivity index (χ1n) is 10.1. The first-order chi connectivity index (χ1) is 13.0. The molecule has 1 heterocycles. The summed E-state index contributed by atoms with van der Waals surface area (Å²) in [6.07, 6.45) is 6.42. The maximum absolute atomic E-state index is 12.8. The molecule has 4 N–H and O–H groups in total. The highest BCUT2D eigenvalue weighted by atomic mass is 16.5. The minimum atomic E-state index is -0.565. The molecule has 27 heavy (non-hydrogen) atoms. The molecule has 1 spiro atoms. The minimum absolute atomic E-state index is 0.0215. The van der Waals surface area contributed by atoms with Crippen molar-refractivity contribution in [2.45, 2.75) is 55.6 Å². The lowest BCUT2D eigenvalue weighted by atomic mass is 9.72. The summed E-state index contributed by atoms with van der Waals surface area (Å²) in [5.41, 5.74) is 8.64. The molecule has 1 saturated carbocycles. The maximum atomic E-state index is 12.8. The third kappa shape index (κ3) is 3.18. The monoisotopic (exact) mass is 373 g/mol. The fourth-order valence-electron chi connectivity index (χ4n) is 4.91. The lowest BCUT2D eigenvalue weighted by molar-refractivity contribution is -0.179. The topological polar surface area (TPSA) is 87.8 Å². The molecular formula is C21H31N3O3. The van der Waals surface area contributed by atoms with Crippen molar-refractivity contribution < 1.29 is 14.6 Å². The highest BCUT2D eigenvalue weighted by molar-refractivity contribution is 5.94. The average Bonchev–Trinajstić information content (AvgIpc) is 2.66. The molecule has 1 aliphatic heterocycles. The van der Waals surface area contributed by atoms with Gasteiger partial charge in [-0.2, -0.15) is 0 Å². The van der Waals surface area contributed by atoms with Crippen LogP contribution in [0.1, 0.15) is 59.6 Å². The van der Waals surface area contributed by atoms with Crippen molar-refractivity contribution in [3.05, 3.63) is 34.9 Å². The Kier molecular flexibility index (Phi) is 5.01. The lowest BCUT2D eigenvalue weighted by Gasteiger charge is -2.59. The Balaban J connectivity index is 1.46. The number of amides is 1. The normalized spacial score (nSPS) is 29.8. The number of nitrogens with zero attached hydrogens (tertiary/aromatic N) is 1. The number of carbonyl (C=O) groups is 1. The summed E-state index contributed by atoms with van der Waals surface area (Å²) >= 11 is 0. The Hall–Kier alpha value is -1.47. The van der Waals surface area contributed by atoms with Gasteiger partial charge in [-0.25, -0.2) is 0 Å². The van der Waals surface area contributed by atoms with Crippen LogP contribution in [0.4, 0.5) is 0 Å². The minimum Gasteiger partial charge on any atom is -0.394 e. The smallest absolute Gasteiger partial charge is 0.251 e. The maximum Gasteiger partial charge on any atom is 0.251 e. The van der Waals surface area contributed by atoms with Crippen LogP contribution in [-0.4, -0.2) is 60.4 Å². The SMILES string of the molecule is CN1C2(CCC2)COCC1(CO)CNC(=O)c1ccc2c(c1)CCCC2N. The summed E-state index contributed by atoms with van der Waals surface area (Å²) in [6, 6.07) is 5.91. The molecular weight excluding hydrogens is 342 g/mol. The first-order valence-corrected chi connectivity index (χ1v) is 10.1. The van der Waals surface area contributed by atoms with E-state index < -0.39 is 5.54 Å². The predicted octanol–water partition coefficient (Wildman–Crippen LogP) is 1.37. The summed E-state index contributed by atoms with van der Waals surface area (Å²) < 4.78 is 5.86.